The fraction of sp³-hybridized carbons (Fsp3) is 0.259. The molecule has 0 atom stereocenters. The Morgan fingerprint density at radius 1 is 1.00 bits per heavy atom. The zero-order valence-corrected chi connectivity index (χ0v) is 22.1. The zero-order chi connectivity index (χ0) is 24.6. The molecule has 4 rings (SSSR count). The molecule has 0 unspecified atom stereocenters. The van der Waals surface area contributed by atoms with Gasteiger partial charge in [0, 0.05) is 49.7 Å². The third-order valence-electron chi connectivity index (χ3n) is 5.83. The molecule has 3 aromatic rings. The largest absolute Gasteiger partial charge is 0.493 e. The second kappa shape index (κ2) is 12.2. The molecular weight excluding hydrogens is 524 g/mol. The van der Waals surface area contributed by atoms with Crippen molar-refractivity contribution in [2.24, 2.45) is 0 Å². The van der Waals surface area contributed by atoms with Crippen molar-refractivity contribution in [1.82, 2.24) is 10.2 Å². The second-order valence-corrected chi connectivity index (χ2v) is 9.54. The SMILES string of the molecule is CCOc1ccc(C(=O)NC(=S)Nc2ccc(N3CCN(Cc4ccccc4)CC3)cc2)cc1Br. The molecule has 1 fully saturated rings. The normalized spacial score (nSPS) is 13.8. The minimum atomic E-state index is -0.281. The van der Waals surface area contributed by atoms with Crippen LogP contribution in [0, 0.1) is 0 Å². The van der Waals surface area contributed by atoms with Gasteiger partial charge in [0.15, 0.2) is 5.11 Å². The molecule has 182 valence electrons. The van der Waals surface area contributed by atoms with Crippen LogP contribution in [0.15, 0.2) is 77.3 Å². The average Bonchev–Trinajstić information content (AvgIpc) is 2.87. The van der Waals surface area contributed by atoms with Gasteiger partial charge in [-0.1, -0.05) is 30.3 Å². The number of halogens is 1. The maximum atomic E-state index is 12.6. The Morgan fingerprint density at radius 3 is 2.37 bits per heavy atom. The summed E-state index contributed by atoms with van der Waals surface area (Å²) < 4.78 is 6.22. The summed E-state index contributed by atoms with van der Waals surface area (Å²) in [5, 5.41) is 6.07. The lowest BCUT2D eigenvalue weighted by atomic mass is 10.2. The van der Waals surface area contributed by atoms with Crippen molar-refractivity contribution in [3.8, 4) is 5.75 Å². The van der Waals surface area contributed by atoms with Crippen molar-refractivity contribution in [3.05, 3.63) is 88.4 Å². The standard InChI is InChI=1S/C27H29BrN4O2S/c1-2-34-25-13-8-21(18-24(25)28)26(33)30-27(35)29-22-9-11-23(12-10-22)32-16-14-31(15-17-32)19-20-6-4-3-5-7-20/h3-13,18H,2,14-17,19H2,1H3,(H2,29,30,33,35). The van der Waals surface area contributed by atoms with Crippen LogP contribution >= 0.6 is 28.1 Å². The monoisotopic (exact) mass is 552 g/mol. The van der Waals surface area contributed by atoms with Crippen LogP contribution in [0.2, 0.25) is 0 Å². The quantitative estimate of drug-likeness (QED) is 0.388. The summed E-state index contributed by atoms with van der Waals surface area (Å²) in [4.78, 5) is 17.4. The van der Waals surface area contributed by atoms with Gasteiger partial charge >= 0.3 is 0 Å². The molecule has 1 heterocycles. The molecule has 0 aliphatic carbocycles. The zero-order valence-electron chi connectivity index (χ0n) is 19.7. The molecule has 1 aliphatic heterocycles. The number of thiocarbonyl (C=S) groups is 1. The smallest absolute Gasteiger partial charge is 0.257 e. The van der Waals surface area contributed by atoms with Crippen LogP contribution < -0.4 is 20.3 Å². The molecule has 0 bridgehead atoms. The van der Waals surface area contributed by atoms with E-state index < -0.39 is 0 Å². The van der Waals surface area contributed by atoms with E-state index in [2.05, 4.69) is 78.8 Å². The molecule has 1 amide bonds. The fourth-order valence-electron chi connectivity index (χ4n) is 4.01. The van der Waals surface area contributed by atoms with Gasteiger partial charge in [0.05, 0.1) is 11.1 Å². The molecule has 0 aromatic heterocycles. The molecule has 1 aliphatic rings. The molecule has 3 aromatic carbocycles. The number of piperazine rings is 1. The van der Waals surface area contributed by atoms with Crippen molar-refractivity contribution in [2.75, 3.05) is 43.0 Å². The Morgan fingerprint density at radius 2 is 1.71 bits per heavy atom. The summed E-state index contributed by atoms with van der Waals surface area (Å²) in [7, 11) is 0. The summed E-state index contributed by atoms with van der Waals surface area (Å²) in [5.41, 5.74) is 3.86. The van der Waals surface area contributed by atoms with E-state index in [1.165, 1.54) is 11.3 Å². The lowest BCUT2D eigenvalue weighted by Gasteiger charge is -2.36. The molecule has 0 saturated carbocycles. The van der Waals surface area contributed by atoms with Gasteiger partial charge in [-0.2, -0.15) is 0 Å². The number of nitrogens with one attached hydrogen (secondary N) is 2. The average molecular weight is 554 g/mol. The Labute approximate surface area is 220 Å². The van der Waals surface area contributed by atoms with Crippen molar-refractivity contribution >= 4 is 50.5 Å². The number of carbonyl (C=O) groups excluding carboxylic acids is 1. The van der Waals surface area contributed by atoms with Crippen LogP contribution in [0.25, 0.3) is 0 Å². The van der Waals surface area contributed by atoms with Gasteiger partial charge in [0.1, 0.15) is 5.75 Å². The van der Waals surface area contributed by atoms with Gasteiger partial charge in [-0.3, -0.25) is 15.0 Å². The van der Waals surface area contributed by atoms with Crippen LogP contribution in [0.1, 0.15) is 22.8 Å². The van der Waals surface area contributed by atoms with Gasteiger partial charge in [0.2, 0.25) is 0 Å². The van der Waals surface area contributed by atoms with Crippen LogP contribution in [-0.4, -0.2) is 48.7 Å². The summed E-state index contributed by atoms with van der Waals surface area (Å²) in [6.07, 6.45) is 0. The van der Waals surface area contributed by atoms with E-state index in [0.717, 1.165) is 42.9 Å². The maximum Gasteiger partial charge on any atom is 0.257 e. The summed E-state index contributed by atoms with van der Waals surface area (Å²) >= 11 is 8.78. The predicted octanol–water partition coefficient (Wildman–Crippen LogP) is 5.30. The van der Waals surface area contributed by atoms with Crippen LogP contribution in [0.5, 0.6) is 5.75 Å². The van der Waals surface area contributed by atoms with Crippen molar-refractivity contribution < 1.29 is 9.53 Å². The highest BCUT2D eigenvalue weighted by Crippen LogP contribution is 2.26. The highest BCUT2D eigenvalue weighted by Gasteiger charge is 2.17. The molecule has 2 N–H and O–H groups in total. The number of nitrogens with zero attached hydrogens (tertiary/aromatic N) is 2. The third-order valence-corrected chi connectivity index (χ3v) is 6.66. The van der Waals surface area contributed by atoms with E-state index in [4.69, 9.17) is 17.0 Å². The summed E-state index contributed by atoms with van der Waals surface area (Å²) in [6.45, 7) is 7.52. The van der Waals surface area contributed by atoms with Gasteiger partial charge in [-0.25, -0.2) is 0 Å². The molecule has 0 spiro atoms. The Balaban J connectivity index is 1.25. The first-order valence-electron chi connectivity index (χ1n) is 11.7. The van der Waals surface area contributed by atoms with Crippen LogP contribution in [0.3, 0.4) is 0 Å². The molecule has 6 nitrogen and oxygen atoms in total. The Kier molecular flexibility index (Phi) is 8.74. The summed E-state index contributed by atoms with van der Waals surface area (Å²) in [6, 6.07) is 23.9. The first-order valence-corrected chi connectivity index (χ1v) is 12.9. The van der Waals surface area contributed by atoms with Gasteiger partial charge in [0.25, 0.3) is 5.91 Å². The number of hydrogen-bond acceptors (Lipinski definition) is 5. The van der Waals surface area contributed by atoms with E-state index in [-0.39, 0.29) is 11.0 Å². The van der Waals surface area contributed by atoms with Gasteiger partial charge < -0.3 is 15.0 Å². The number of rotatable bonds is 7. The predicted molar refractivity (Wildman–Crippen MR) is 149 cm³/mol. The Bertz CT molecular complexity index is 1150. The van der Waals surface area contributed by atoms with Crippen molar-refractivity contribution in [1.29, 1.82) is 0 Å². The van der Waals surface area contributed by atoms with Crippen molar-refractivity contribution in [2.45, 2.75) is 13.5 Å². The first-order chi connectivity index (χ1) is 17.0. The maximum absolute atomic E-state index is 12.6. The lowest BCUT2D eigenvalue weighted by Crippen LogP contribution is -2.45. The Hall–Kier alpha value is -2.94. The lowest BCUT2D eigenvalue weighted by molar-refractivity contribution is 0.0977. The molecule has 35 heavy (non-hydrogen) atoms. The number of ether oxygens (including phenoxy) is 1. The van der Waals surface area contributed by atoms with E-state index in [0.29, 0.717) is 17.9 Å². The highest BCUT2D eigenvalue weighted by atomic mass is 79.9. The van der Waals surface area contributed by atoms with E-state index in [1.54, 1.807) is 18.2 Å². The first kappa shape index (κ1) is 25.2. The number of benzene rings is 3. The minimum Gasteiger partial charge on any atom is -0.493 e. The molecule has 0 radical (unpaired) electrons. The van der Waals surface area contributed by atoms with E-state index in [1.807, 2.05) is 19.1 Å². The number of amides is 1. The second-order valence-electron chi connectivity index (χ2n) is 8.28. The van der Waals surface area contributed by atoms with E-state index >= 15 is 0 Å². The fourth-order valence-corrected chi connectivity index (χ4v) is 4.72. The van der Waals surface area contributed by atoms with Crippen molar-refractivity contribution in [3.63, 3.8) is 0 Å². The number of carbonyl (C=O) groups is 1. The number of hydrogen-bond donors (Lipinski definition) is 2. The van der Waals surface area contributed by atoms with Crippen LogP contribution in [0.4, 0.5) is 11.4 Å². The summed E-state index contributed by atoms with van der Waals surface area (Å²) in [5.74, 6) is 0.415. The van der Waals surface area contributed by atoms with Crippen LogP contribution in [-0.2, 0) is 6.54 Å². The highest BCUT2D eigenvalue weighted by molar-refractivity contribution is 9.10. The van der Waals surface area contributed by atoms with Gasteiger partial charge in [-0.05, 0) is 83.1 Å². The topological polar surface area (TPSA) is 56.8 Å². The molecule has 8 heteroatoms. The molecule has 1 saturated heterocycles. The number of anilines is 2. The van der Waals surface area contributed by atoms with E-state index in [9.17, 15) is 4.79 Å². The minimum absolute atomic E-state index is 0.252. The third kappa shape index (κ3) is 7.04. The van der Waals surface area contributed by atoms with Gasteiger partial charge in [-0.15, -0.1) is 0 Å². The molecular formula is C27H29BrN4O2S.